The minimum absolute atomic E-state index is 0.824. The van der Waals surface area contributed by atoms with Gasteiger partial charge < -0.3 is 4.74 Å². The highest BCUT2D eigenvalue weighted by molar-refractivity contribution is 7.12. The molecular formula is C11H7NOS. The van der Waals surface area contributed by atoms with E-state index in [0.29, 0.717) is 0 Å². The molecule has 3 heteroatoms. The molecule has 0 fully saturated rings. The maximum absolute atomic E-state index is 5.74. The third-order valence-electron chi connectivity index (χ3n) is 2.07. The number of hydrogen-bond acceptors (Lipinski definition) is 3. The van der Waals surface area contributed by atoms with Crippen molar-refractivity contribution in [1.82, 2.24) is 0 Å². The first-order chi connectivity index (χ1) is 6.93. The van der Waals surface area contributed by atoms with Crippen molar-refractivity contribution < 1.29 is 4.74 Å². The SMILES string of the molecule is C1=Nc2ccccc2Oc2sccc21. The van der Waals surface area contributed by atoms with Gasteiger partial charge in [-0.25, -0.2) is 0 Å². The maximum atomic E-state index is 5.74. The third kappa shape index (κ3) is 1.14. The van der Waals surface area contributed by atoms with E-state index in [1.54, 1.807) is 11.3 Å². The Balaban J connectivity index is 2.19. The summed E-state index contributed by atoms with van der Waals surface area (Å²) < 4.78 is 5.74. The van der Waals surface area contributed by atoms with Crippen LogP contribution in [0.1, 0.15) is 5.56 Å². The molecule has 0 saturated carbocycles. The smallest absolute Gasteiger partial charge is 0.189 e. The summed E-state index contributed by atoms with van der Waals surface area (Å²) in [6, 6.07) is 9.80. The molecule has 0 unspecified atom stereocenters. The predicted molar refractivity (Wildman–Crippen MR) is 58.1 cm³/mol. The highest BCUT2D eigenvalue weighted by Crippen LogP contribution is 2.38. The second kappa shape index (κ2) is 2.96. The first kappa shape index (κ1) is 7.76. The summed E-state index contributed by atoms with van der Waals surface area (Å²) in [5, 5.41) is 2.92. The van der Waals surface area contributed by atoms with Crippen molar-refractivity contribution in [1.29, 1.82) is 0 Å². The van der Waals surface area contributed by atoms with E-state index in [1.165, 1.54) is 0 Å². The topological polar surface area (TPSA) is 21.6 Å². The maximum Gasteiger partial charge on any atom is 0.189 e. The normalized spacial score (nSPS) is 12.6. The molecule has 0 saturated heterocycles. The molecule has 3 rings (SSSR count). The number of benzene rings is 1. The summed E-state index contributed by atoms with van der Waals surface area (Å²) >= 11 is 1.59. The Labute approximate surface area is 85.5 Å². The van der Waals surface area contributed by atoms with Gasteiger partial charge in [0.2, 0.25) is 0 Å². The van der Waals surface area contributed by atoms with Gasteiger partial charge in [0.05, 0.1) is 0 Å². The number of para-hydroxylation sites is 2. The standard InChI is InChI=1S/C11H7NOS/c1-2-4-10-9(3-1)12-7-8-5-6-14-11(8)13-10/h1-7H. The molecule has 14 heavy (non-hydrogen) atoms. The van der Waals surface area contributed by atoms with Crippen molar-refractivity contribution in [2.75, 3.05) is 0 Å². The molecule has 2 nitrogen and oxygen atoms in total. The van der Waals surface area contributed by atoms with Crippen LogP contribution < -0.4 is 4.74 Å². The summed E-state index contributed by atoms with van der Waals surface area (Å²) in [5.41, 5.74) is 1.93. The van der Waals surface area contributed by atoms with Crippen LogP contribution in [0.4, 0.5) is 5.69 Å². The number of hydrogen-bond donors (Lipinski definition) is 0. The largest absolute Gasteiger partial charge is 0.444 e. The molecule has 2 heterocycles. The van der Waals surface area contributed by atoms with Crippen LogP contribution >= 0.6 is 11.3 Å². The second-order valence-electron chi connectivity index (χ2n) is 2.99. The van der Waals surface area contributed by atoms with Crippen molar-refractivity contribution in [2.24, 2.45) is 4.99 Å². The number of fused-ring (bicyclic) bond motifs is 2. The van der Waals surface area contributed by atoms with E-state index in [-0.39, 0.29) is 0 Å². The molecule has 0 bridgehead atoms. The minimum atomic E-state index is 0.824. The molecule has 1 aliphatic rings. The second-order valence-corrected chi connectivity index (χ2v) is 3.87. The summed E-state index contributed by atoms with van der Waals surface area (Å²) in [6.07, 6.45) is 1.84. The fourth-order valence-electron chi connectivity index (χ4n) is 1.37. The molecule has 0 atom stereocenters. The minimum Gasteiger partial charge on any atom is -0.444 e. The van der Waals surface area contributed by atoms with Gasteiger partial charge >= 0.3 is 0 Å². The highest BCUT2D eigenvalue weighted by Gasteiger charge is 2.11. The zero-order chi connectivity index (χ0) is 9.38. The summed E-state index contributed by atoms with van der Waals surface area (Å²) in [7, 11) is 0. The predicted octanol–water partition coefficient (Wildman–Crippen LogP) is 3.60. The molecule has 1 aromatic heterocycles. The van der Waals surface area contributed by atoms with Crippen LogP contribution in [0.2, 0.25) is 0 Å². The lowest BCUT2D eigenvalue weighted by molar-refractivity contribution is 0.499. The Hall–Kier alpha value is -1.61. The first-order valence-corrected chi connectivity index (χ1v) is 5.20. The van der Waals surface area contributed by atoms with Gasteiger partial charge in [-0.15, -0.1) is 11.3 Å². The zero-order valence-corrected chi connectivity index (χ0v) is 8.12. The van der Waals surface area contributed by atoms with Gasteiger partial charge in [0.25, 0.3) is 0 Å². The van der Waals surface area contributed by atoms with Gasteiger partial charge in [-0.2, -0.15) is 0 Å². The van der Waals surface area contributed by atoms with Gasteiger partial charge in [0.1, 0.15) is 5.69 Å². The van der Waals surface area contributed by atoms with Gasteiger partial charge in [0.15, 0.2) is 10.8 Å². The van der Waals surface area contributed by atoms with Gasteiger partial charge in [-0.3, -0.25) is 4.99 Å². The Morgan fingerprint density at radius 1 is 1.14 bits per heavy atom. The molecular weight excluding hydrogens is 194 g/mol. The van der Waals surface area contributed by atoms with Crippen LogP contribution in [0.3, 0.4) is 0 Å². The number of thiophene rings is 1. The van der Waals surface area contributed by atoms with Crippen LogP contribution in [-0.2, 0) is 0 Å². The van der Waals surface area contributed by atoms with E-state index < -0.39 is 0 Å². The van der Waals surface area contributed by atoms with Crippen molar-refractivity contribution in [3.05, 3.63) is 41.3 Å². The molecule has 68 valence electrons. The lowest BCUT2D eigenvalue weighted by Crippen LogP contribution is -1.81. The number of nitrogens with zero attached hydrogens (tertiary/aromatic N) is 1. The molecule has 0 spiro atoms. The quantitative estimate of drug-likeness (QED) is 0.544. The fourth-order valence-corrected chi connectivity index (χ4v) is 2.11. The molecule has 0 aliphatic carbocycles. The summed E-state index contributed by atoms with van der Waals surface area (Å²) in [4.78, 5) is 4.36. The molecule has 1 aliphatic heterocycles. The van der Waals surface area contributed by atoms with Crippen LogP contribution in [0.25, 0.3) is 0 Å². The van der Waals surface area contributed by atoms with E-state index in [0.717, 1.165) is 22.1 Å². The van der Waals surface area contributed by atoms with Crippen molar-refractivity contribution in [2.45, 2.75) is 0 Å². The van der Waals surface area contributed by atoms with E-state index in [4.69, 9.17) is 4.74 Å². The Kier molecular flexibility index (Phi) is 1.64. The summed E-state index contributed by atoms with van der Waals surface area (Å²) in [5.74, 6) is 0.824. The molecule has 0 amide bonds. The van der Waals surface area contributed by atoms with Crippen molar-refractivity contribution in [3.63, 3.8) is 0 Å². The lowest BCUT2D eigenvalue weighted by Gasteiger charge is -2.03. The average Bonchev–Trinajstić information content (AvgIpc) is 2.58. The molecule has 2 aromatic rings. The Morgan fingerprint density at radius 3 is 3.07 bits per heavy atom. The fraction of sp³-hybridized carbons (Fsp3) is 0. The van der Waals surface area contributed by atoms with E-state index in [1.807, 2.05) is 41.9 Å². The first-order valence-electron chi connectivity index (χ1n) is 4.32. The van der Waals surface area contributed by atoms with Gasteiger partial charge in [-0.05, 0) is 23.6 Å². The van der Waals surface area contributed by atoms with Gasteiger partial charge in [-0.1, -0.05) is 12.1 Å². The van der Waals surface area contributed by atoms with Crippen LogP contribution in [0.5, 0.6) is 10.8 Å². The highest BCUT2D eigenvalue weighted by atomic mass is 32.1. The van der Waals surface area contributed by atoms with Crippen LogP contribution in [0.15, 0.2) is 40.7 Å². The molecule has 0 radical (unpaired) electrons. The van der Waals surface area contributed by atoms with Crippen molar-refractivity contribution in [3.8, 4) is 10.8 Å². The average molecular weight is 201 g/mol. The number of ether oxygens (including phenoxy) is 1. The van der Waals surface area contributed by atoms with Crippen LogP contribution in [-0.4, -0.2) is 6.21 Å². The lowest BCUT2D eigenvalue weighted by atomic mass is 10.3. The summed E-state index contributed by atoms with van der Waals surface area (Å²) in [6.45, 7) is 0. The van der Waals surface area contributed by atoms with Gasteiger partial charge in [0, 0.05) is 11.8 Å². The zero-order valence-electron chi connectivity index (χ0n) is 7.31. The van der Waals surface area contributed by atoms with E-state index in [9.17, 15) is 0 Å². The Morgan fingerprint density at radius 2 is 2.07 bits per heavy atom. The van der Waals surface area contributed by atoms with E-state index in [2.05, 4.69) is 4.99 Å². The van der Waals surface area contributed by atoms with Crippen LogP contribution in [0, 0.1) is 0 Å². The molecule has 0 N–H and O–H groups in total. The van der Waals surface area contributed by atoms with E-state index >= 15 is 0 Å². The number of aliphatic imine (C=N–C) groups is 1. The number of rotatable bonds is 0. The Bertz CT molecular complexity index is 501. The third-order valence-corrected chi connectivity index (χ3v) is 2.87. The van der Waals surface area contributed by atoms with Crippen molar-refractivity contribution >= 4 is 23.2 Å². The molecule has 1 aromatic carbocycles. The monoisotopic (exact) mass is 201 g/mol.